The number of benzene rings is 7. The molecule has 4 nitrogen and oxygen atoms in total. The Hall–Kier alpha value is -6.39. The molecule has 2 aromatic heterocycles. The van der Waals surface area contributed by atoms with Gasteiger partial charge in [-0.1, -0.05) is 145 Å². The van der Waals surface area contributed by atoms with Crippen LogP contribution in [0.4, 0.5) is 0 Å². The molecule has 0 fully saturated rings. The highest BCUT2D eigenvalue weighted by Crippen LogP contribution is 2.43. The van der Waals surface area contributed by atoms with Crippen LogP contribution in [0, 0.1) is 0 Å². The summed E-state index contributed by atoms with van der Waals surface area (Å²) in [5.74, 6) is 0.0661. The van der Waals surface area contributed by atoms with Gasteiger partial charge >= 0.3 is 0 Å². The molecule has 0 unspecified atom stereocenters. The molecule has 4 heteroatoms. The minimum atomic E-state index is -0.866. The third kappa shape index (κ3) is 4.84. The summed E-state index contributed by atoms with van der Waals surface area (Å²) in [5, 5.41) is -1.39. The van der Waals surface area contributed by atoms with Crippen LogP contribution in [-0.2, 0) is 0 Å². The Kier molecular flexibility index (Phi) is 3.53. The number of nitrogens with zero attached hydrogens (tertiary/aromatic N) is 3. The van der Waals surface area contributed by atoms with Gasteiger partial charge in [-0.05, 0) is 51.2 Å². The molecule has 0 aliphatic heterocycles. The van der Waals surface area contributed by atoms with Crippen molar-refractivity contribution < 1.29 is 27.7 Å². The highest BCUT2D eigenvalue weighted by molar-refractivity contribution is 6.18. The van der Waals surface area contributed by atoms with Crippen molar-refractivity contribution in [2.75, 3.05) is 0 Å². The maximum absolute atomic E-state index is 9.63. The summed E-state index contributed by atoms with van der Waals surface area (Å²) in [6.45, 7) is 0. The van der Waals surface area contributed by atoms with Crippen molar-refractivity contribution in [2.24, 2.45) is 0 Å². The largest absolute Gasteiger partial charge is 0.455 e. The van der Waals surface area contributed by atoms with Gasteiger partial charge in [0.05, 0.1) is 28.9 Å². The Balaban J connectivity index is 1.49. The molecule has 0 atom stereocenters. The van der Waals surface area contributed by atoms with E-state index in [1.54, 1.807) is 60.7 Å². The lowest BCUT2D eigenvalue weighted by atomic mass is 9.94. The highest BCUT2D eigenvalue weighted by Gasteiger charge is 2.21. The quantitative estimate of drug-likeness (QED) is 0.193. The predicted octanol–water partition coefficient (Wildman–Crippen LogP) is 11.3. The molecule has 0 saturated carbocycles. The van der Waals surface area contributed by atoms with E-state index in [0.29, 0.717) is 11.1 Å². The second-order valence-electron chi connectivity index (χ2n) is 10.3. The first-order valence-electron chi connectivity index (χ1n) is 22.8. The van der Waals surface area contributed by atoms with Crippen LogP contribution in [0.15, 0.2) is 168 Å². The Morgan fingerprint density at radius 2 is 0.979 bits per heavy atom. The summed E-state index contributed by atoms with van der Waals surface area (Å²) in [7, 11) is 0. The van der Waals surface area contributed by atoms with E-state index in [1.807, 2.05) is 0 Å². The molecule has 9 aromatic rings. The Bertz CT molecular complexity index is 3410. The van der Waals surface area contributed by atoms with Crippen LogP contribution in [0.25, 0.3) is 89.1 Å². The molecule has 0 amide bonds. The first-order valence-corrected chi connectivity index (χ1v) is 14.3. The standard InChI is InChI=1S/C43H27N3O/c1-4-12-28(13-5-1)29-20-22-30(23-21-29)35-24-25-36(40-39(35)37-26-33-18-10-11-19-34(33)27-38(37)47-40)43-45-41(31-14-6-2-7-15-31)44-42(46-43)32-16-8-3-9-17-32/h1-27H/i1D,4D,5D,10D,11D,12D,13D,18D,19D,20D,21D,22D,23D,24D,25D,26D,27D. The first kappa shape index (κ1) is 14.8. The Labute approximate surface area is 295 Å². The normalized spacial score (nSPS) is 16.5. The number of aromatic nitrogens is 3. The minimum absolute atomic E-state index is 0.142. The van der Waals surface area contributed by atoms with Crippen molar-refractivity contribution in [1.29, 1.82) is 0 Å². The first-order chi connectivity index (χ1) is 30.4. The molecule has 7 aromatic carbocycles. The van der Waals surface area contributed by atoms with Gasteiger partial charge in [0.2, 0.25) is 0 Å². The minimum Gasteiger partial charge on any atom is -0.455 e. The number of fused-ring (bicyclic) bond motifs is 4. The van der Waals surface area contributed by atoms with Crippen LogP contribution in [0.5, 0.6) is 0 Å². The van der Waals surface area contributed by atoms with E-state index >= 15 is 0 Å². The van der Waals surface area contributed by atoms with Crippen molar-refractivity contribution >= 4 is 32.7 Å². The average molecular weight is 619 g/mol. The van der Waals surface area contributed by atoms with E-state index in [0.717, 1.165) is 0 Å². The molecule has 2 heterocycles. The van der Waals surface area contributed by atoms with Crippen LogP contribution in [0.3, 0.4) is 0 Å². The molecule has 0 saturated heterocycles. The van der Waals surface area contributed by atoms with Crippen molar-refractivity contribution in [3.05, 3.63) is 163 Å². The molecule has 0 N–H and O–H groups in total. The summed E-state index contributed by atoms with van der Waals surface area (Å²) < 4.78 is 157. The maximum atomic E-state index is 9.63. The van der Waals surface area contributed by atoms with Gasteiger partial charge in [0.15, 0.2) is 17.5 Å². The third-order valence-electron chi connectivity index (χ3n) is 7.42. The summed E-state index contributed by atoms with van der Waals surface area (Å²) >= 11 is 0. The number of hydrogen-bond donors (Lipinski definition) is 0. The molecule has 47 heavy (non-hydrogen) atoms. The molecule has 220 valence electrons. The van der Waals surface area contributed by atoms with E-state index in [1.165, 1.54) is 0 Å². The SMILES string of the molecule is [2H]c1c([2H])c([2H])c(-c2c([2H])c([2H])c(-c3c([2H])c([2H])c(-c4nc(-c5ccccc5)nc(-c5ccccc5)n4)c4oc5c([2H])c6c([2H])c([2H])c([2H])c([2H])c6c([2H])c5c34)c([2H])c2[2H])c([2H])c1[2H]. The second kappa shape index (κ2) is 11.2. The summed E-state index contributed by atoms with van der Waals surface area (Å²) in [6.07, 6.45) is 0. The van der Waals surface area contributed by atoms with Gasteiger partial charge < -0.3 is 4.42 Å². The zero-order valence-electron chi connectivity index (χ0n) is 41.0. The van der Waals surface area contributed by atoms with Crippen LogP contribution >= 0.6 is 0 Å². The van der Waals surface area contributed by atoms with Crippen LogP contribution in [0.2, 0.25) is 0 Å². The van der Waals surface area contributed by atoms with Crippen molar-refractivity contribution in [1.82, 2.24) is 15.0 Å². The van der Waals surface area contributed by atoms with Gasteiger partial charge in [0, 0.05) is 21.9 Å². The lowest BCUT2D eigenvalue weighted by Gasteiger charge is -2.11. The van der Waals surface area contributed by atoms with Crippen LogP contribution in [-0.4, -0.2) is 15.0 Å². The number of hydrogen-bond acceptors (Lipinski definition) is 4. The molecule has 9 rings (SSSR count). The molecule has 0 aliphatic carbocycles. The monoisotopic (exact) mass is 618 g/mol. The topological polar surface area (TPSA) is 51.8 Å². The van der Waals surface area contributed by atoms with Gasteiger partial charge in [-0.3, -0.25) is 0 Å². The van der Waals surface area contributed by atoms with Gasteiger partial charge in [0.1, 0.15) is 11.2 Å². The Morgan fingerprint density at radius 3 is 1.64 bits per heavy atom. The number of rotatable bonds is 5. The van der Waals surface area contributed by atoms with E-state index in [9.17, 15) is 8.22 Å². The van der Waals surface area contributed by atoms with Crippen LogP contribution in [0.1, 0.15) is 23.3 Å². The molecular formula is C43H27N3O. The molecule has 0 radical (unpaired) electrons. The summed E-state index contributed by atoms with van der Waals surface area (Å²) in [4.78, 5) is 14.1. The number of furan rings is 1. The molecule has 0 bridgehead atoms. The fourth-order valence-electron chi connectivity index (χ4n) is 5.24. The van der Waals surface area contributed by atoms with Gasteiger partial charge in [-0.25, -0.2) is 15.0 Å². The maximum Gasteiger partial charge on any atom is 0.167 e. The molecular weight excluding hydrogens is 574 g/mol. The van der Waals surface area contributed by atoms with E-state index in [4.69, 9.17) is 34.4 Å². The van der Waals surface area contributed by atoms with Gasteiger partial charge in [-0.15, -0.1) is 0 Å². The van der Waals surface area contributed by atoms with E-state index in [-0.39, 0.29) is 44.8 Å². The Morgan fingerprint density at radius 1 is 0.447 bits per heavy atom. The summed E-state index contributed by atoms with van der Waals surface area (Å²) in [6, 6.07) is 4.92. The smallest absolute Gasteiger partial charge is 0.167 e. The lowest BCUT2D eigenvalue weighted by Crippen LogP contribution is -2.00. The molecule has 0 aliphatic rings. The van der Waals surface area contributed by atoms with Gasteiger partial charge in [0.25, 0.3) is 0 Å². The fourth-order valence-corrected chi connectivity index (χ4v) is 5.24. The van der Waals surface area contributed by atoms with Crippen molar-refractivity contribution in [2.45, 2.75) is 0 Å². The van der Waals surface area contributed by atoms with Gasteiger partial charge in [-0.2, -0.15) is 0 Å². The molecule has 0 spiro atoms. The zero-order chi connectivity index (χ0) is 46.0. The highest BCUT2D eigenvalue weighted by atomic mass is 16.3. The average Bonchev–Trinajstić information content (AvgIpc) is 3.70. The summed E-state index contributed by atoms with van der Waals surface area (Å²) in [5.41, 5.74) is -2.35. The van der Waals surface area contributed by atoms with Crippen molar-refractivity contribution in [3.63, 3.8) is 0 Å². The zero-order valence-corrected chi connectivity index (χ0v) is 24.0. The second-order valence-corrected chi connectivity index (χ2v) is 10.3. The fraction of sp³-hybridized carbons (Fsp3) is 0. The lowest BCUT2D eigenvalue weighted by molar-refractivity contribution is 0.670. The predicted molar refractivity (Wildman–Crippen MR) is 192 cm³/mol. The van der Waals surface area contributed by atoms with E-state index in [2.05, 4.69) is 0 Å². The van der Waals surface area contributed by atoms with Crippen LogP contribution < -0.4 is 0 Å². The van der Waals surface area contributed by atoms with E-state index < -0.39 is 136 Å². The van der Waals surface area contributed by atoms with Crippen molar-refractivity contribution in [3.8, 4) is 56.4 Å². The third-order valence-corrected chi connectivity index (χ3v) is 7.42.